The van der Waals surface area contributed by atoms with Gasteiger partial charge in [-0.25, -0.2) is 0 Å². The number of rotatable bonds is 4. The van der Waals surface area contributed by atoms with E-state index in [1.807, 2.05) is 0 Å². The Morgan fingerprint density at radius 2 is 1.33 bits per heavy atom. The van der Waals surface area contributed by atoms with Crippen LogP contribution in [0.5, 0.6) is 0 Å². The van der Waals surface area contributed by atoms with Gasteiger partial charge in [-0.15, -0.1) is 0 Å². The lowest BCUT2D eigenvalue weighted by molar-refractivity contribution is -0.0235. The Morgan fingerprint density at radius 3 is 1.56 bits per heavy atom. The van der Waals surface area contributed by atoms with E-state index in [1.54, 1.807) is 0 Å². The quantitative estimate of drug-likeness (QED) is 0.619. The molecule has 9 heavy (non-hydrogen) atoms. The summed E-state index contributed by atoms with van der Waals surface area (Å²) < 4.78 is 49.0. The number of hydrogen-bond donors (Lipinski definition) is 0. The first-order chi connectivity index (χ1) is 4.20. The van der Waals surface area contributed by atoms with Gasteiger partial charge in [0, 0.05) is 18.2 Å². The average Bonchev–Trinajstić information content (AvgIpc) is 1.87. The molecule has 2 atom stereocenters. The lowest BCUT2D eigenvalue weighted by atomic mass is 15.6. The topological polar surface area (TPSA) is 61.8 Å². The van der Waals surface area contributed by atoms with E-state index >= 15 is 0 Å². The van der Waals surface area contributed by atoms with Crippen LogP contribution in [0.4, 0.5) is 9.05 Å². The lowest BCUT2D eigenvalue weighted by Crippen LogP contribution is -1.65. The zero-order valence-electron chi connectivity index (χ0n) is 3.69. The highest BCUT2D eigenvalue weighted by molar-refractivity contribution is 7.47. The van der Waals surface area contributed by atoms with Gasteiger partial charge in [0.1, 0.15) is 9.46 Å². The summed E-state index contributed by atoms with van der Waals surface area (Å²) in [4.78, 5) is 0. The van der Waals surface area contributed by atoms with Crippen LogP contribution in [0, 0.1) is 0 Å². The van der Waals surface area contributed by atoms with Crippen molar-refractivity contribution in [2.45, 2.75) is 0 Å². The minimum atomic E-state index is -3.19. The second-order valence-corrected chi connectivity index (χ2v) is 2.49. The van der Waals surface area contributed by atoms with Crippen molar-refractivity contribution in [2.24, 2.45) is 0 Å². The Hall–Kier alpha value is -0.0600. The molecule has 0 radical (unpaired) electrons. The molecular formula is F2O5P2+2. The Bertz CT molecular complexity index is 108. The molecule has 0 fully saturated rings. The first kappa shape index (κ1) is 8.94. The molecule has 0 N–H and O–H groups in total. The van der Waals surface area contributed by atoms with Gasteiger partial charge in [-0.3, -0.25) is 0 Å². The van der Waals surface area contributed by atoms with E-state index < -0.39 is 16.5 Å². The van der Waals surface area contributed by atoms with Crippen molar-refractivity contribution in [2.75, 3.05) is 0 Å². The highest BCUT2D eigenvalue weighted by Crippen LogP contribution is 2.39. The van der Waals surface area contributed by atoms with Crippen molar-refractivity contribution in [1.29, 1.82) is 0 Å². The summed E-state index contributed by atoms with van der Waals surface area (Å²) in [5, 5.41) is 0. The molecule has 0 aromatic rings. The summed E-state index contributed by atoms with van der Waals surface area (Å²) in [5.74, 6) is 0. The third-order valence-corrected chi connectivity index (χ3v) is 1.54. The fourth-order valence-corrected chi connectivity index (χ4v) is 0.717. The van der Waals surface area contributed by atoms with E-state index in [9.17, 15) is 18.2 Å². The molecule has 0 aromatic carbocycles. The van der Waals surface area contributed by atoms with Gasteiger partial charge in [0.15, 0.2) is 4.31 Å². The maximum Gasteiger partial charge on any atom is 0.783 e. The van der Waals surface area contributed by atoms with E-state index in [0.29, 0.717) is 0 Å². The second-order valence-electron chi connectivity index (χ2n) is 0.667. The SMILES string of the molecule is O=[P+](OF)O[P+](=O)OF. The Balaban J connectivity index is 3.47. The van der Waals surface area contributed by atoms with Crippen LogP contribution in [0.1, 0.15) is 0 Å². The maximum atomic E-state index is 10.7. The highest BCUT2D eigenvalue weighted by atomic mass is 31.2. The lowest BCUT2D eigenvalue weighted by Gasteiger charge is -1.59. The van der Waals surface area contributed by atoms with Crippen LogP contribution >= 0.6 is 16.5 Å². The molecule has 0 spiro atoms. The molecule has 52 valence electrons. The van der Waals surface area contributed by atoms with Gasteiger partial charge in [-0.1, -0.05) is 0 Å². The Kier molecular flexibility index (Phi) is 4.75. The average molecular weight is 180 g/mol. The largest absolute Gasteiger partial charge is 0.783 e. The monoisotopic (exact) mass is 180 g/mol. The van der Waals surface area contributed by atoms with Gasteiger partial charge in [0.05, 0.1) is 0 Å². The van der Waals surface area contributed by atoms with Crippen molar-refractivity contribution in [3.8, 4) is 0 Å². The molecule has 0 saturated carbocycles. The number of halogens is 2. The summed E-state index contributed by atoms with van der Waals surface area (Å²) in [6.45, 7) is 0. The zero-order chi connectivity index (χ0) is 7.28. The molecule has 0 aliphatic rings. The van der Waals surface area contributed by atoms with E-state index in [1.165, 1.54) is 0 Å². The molecule has 0 aliphatic heterocycles. The van der Waals surface area contributed by atoms with Gasteiger partial charge in [-0.2, -0.15) is 0 Å². The van der Waals surface area contributed by atoms with Gasteiger partial charge in [-0.05, 0) is 0 Å². The van der Waals surface area contributed by atoms with Crippen LogP contribution in [0.2, 0.25) is 0 Å². The third kappa shape index (κ3) is 4.44. The summed E-state index contributed by atoms with van der Waals surface area (Å²) >= 11 is 0. The van der Waals surface area contributed by atoms with Gasteiger partial charge in [0.25, 0.3) is 0 Å². The zero-order valence-corrected chi connectivity index (χ0v) is 5.48. The van der Waals surface area contributed by atoms with Crippen molar-refractivity contribution >= 4 is 16.5 Å². The Labute approximate surface area is 49.6 Å². The summed E-state index contributed by atoms with van der Waals surface area (Å²) in [7, 11) is -6.38. The van der Waals surface area contributed by atoms with Gasteiger partial charge >= 0.3 is 16.5 Å². The summed E-state index contributed by atoms with van der Waals surface area (Å²) in [5.41, 5.74) is 0. The van der Waals surface area contributed by atoms with Crippen molar-refractivity contribution in [1.82, 2.24) is 0 Å². The van der Waals surface area contributed by atoms with E-state index in [2.05, 4.69) is 13.8 Å². The summed E-state index contributed by atoms with van der Waals surface area (Å²) in [6.07, 6.45) is 0. The molecule has 0 saturated heterocycles. The van der Waals surface area contributed by atoms with Gasteiger partial charge in [0.2, 0.25) is 0 Å². The smallest absolute Gasteiger partial charge is 0.00507 e. The molecule has 0 heterocycles. The van der Waals surface area contributed by atoms with Crippen LogP contribution in [-0.2, 0) is 22.9 Å². The molecule has 5 nitrogen and oxygen atoms in total. The molecule has 0 amide bonds. The van der Waals surface area contributed by atoms with Crippen LogP contribution < -0.4 is 0 Å². The van der Waals surface area contributed by atoms with Crippen molar-refractivity contribution < 1.29 is 31.9 Å². The van der Waals surface area contributed by atoms with Gasteiger partial charge < -0.3 is 0 Å². The van der Waals surface area contributed by atoms with E-state index in [-0.39, 0.29) is 0 Å². The van der Waals surface area contributed by atoms with Crippen molar-refractivity contribution in [3.63, 3.8) is 0 Å². The second kappa shape index (κ2) is 4.78. The first-order valence-corrected chi connectivity index (χ1v) is 3.59. The fourth-order valence-electron chi connectivity index (χ4n) is 0.0796. The normalized spacial score (nSPS) is 13.1. The molecule has 0 bridgehead atoms. The molecule has 9 heteroatoms. The maximum absolute atomic E-state index is 10.7. The van der Waals surface area contributed by atoms with Crippen LogP contribution in [0.25, 0.3) is 0 Å². The minimum absolute atomic E-state index is 2.48. The van der Waals surface area contributed by atoms with Crippen LogP contribution in [0.3, 0.4) is 0 Å². The van der Waals surface area contributed by atoms with Crippen molar-refractivity contribution in [3.05, 3.63) is 0 Å². The number of hydrogen-bond acceptors (Lipinski definition) is 5. The summed E-state index contributed by atoms with van der Waals surface area (Å²) in [6, 6.07) is 0. The van der Waals surface area contributed by atoms with E-state index in [4.69, 9.17) is 0 Å². The molecule has 2 unspecified atom stereocenters. The molecular weight excluding hydrogens is 180 g/mol. The Morgan fingerprint density at radius 1 is 1.00 bits per heavy atom. The fraction of sp³-hybridized carbons (Fsp3) is 0. The third-order valence-electron chi connectivity index (χ3n) is 0.246. The standard InChI is InChI=1S/F2O5P2/c1-5-8(3)7-9(4)6-2/q+2. The van der Waals surface area contributed by atoms with E-state index in [0.717, 1.165) is 0 Å². The predicted molar refractivity (Wildman–Crippen MR) is 20.7 cm³/mol. The molecule has 0 rings (SSSR count). The predicted octanol–water partition coefficient (Wildman–Crippen LogP) is 2.12. The highest BCUT2D eigenvalue weighted by Gasteiger charge is 2.42. The van der Waals surface area contributed by atoms with Crippen LogP contribution in [-0.4, -0.2) is 0 Å². The van der Waals surface area contributed by atoms with Crippen LogP contribution in [0.15, 0.2) is 0 Å². The minimum Gasteiger partial charge on any atom is 0.00507 e. The first-order valence-electron chi connectivity index (χ1n) is 1.40. The molecule has 0 aliphatic carbocycles. The molecule has 0 aromatic heterocycles.